The molecule has 0 saturated carbocycles. The molecule has 1 rings (SSSR count). The largest absolute Gasteiger partial charge is 0.464 e. The molecule has 204 valence electrons. The van der Waals surface area contributed by atoms with Crippen LogP contribution in [0.4, 0.5) is 14.4 Å². The number of esters is 1. The standard InChI is InChI=1S/C25H36N4O8/c1-24(2,3)36-22(32)28-20(29-23(33)37-25(4,5)6)26-15-11-14-18(19(30)34-7)27-21(31)35-16-17-12-9-8-10-13-17/h8-10,12-14H,11,15-16H2,1-7H3,(H,27,31)(H2,26,28,29,32,33)/b18-14-. The molecular weight excluding hydrogens is 484 g/mol. The number of hydrogen-bond donors (Lipinski definition) is 3. The van der Waals surface area contributed by atoms with E-state index in [1.807, 2.05) is 6.07 Å². The maximum Gasteiger partial charge on any atom is 0.414 e. The van der Waals surface area contributed by atoms with Gasteiger partial charge in [0.1, 0.15) is 23.5 Å². The Morgan fingerprint density at radius 2 is 1.38 bits per heavy atom. The summed E-state index contributed by atoms with van der Waals surface area (Å²) >= 11 is 0. The normalized spacial score (nSPS) is 11.5. The van der Waals surface area contributed by atoms with Crippen molar-refractivity contribution in [3.63, 3.8) is 0 Å². The molecule has 3 amide bonds. The minimum absolute atomic E-state index is 0.00215. The third kappa shape index (κ3) is 14.8. The van der Waals surface area contributed by atoms with Crippen molar-refractivity contribution in [2.75, 3.05) is 13.7 Å². The van der Waals surface area contributed by atoms with E-state index in [1.165, 1.54) is 13.2 Å². The van der Waals surface area contributed by atoms with E-state index < -0.39 is 35.5 Å². The van der Waals surface area contributed by atoms with Gasteiger partial charge in [0, 0.05) is 6.54 Å². The first-order valence-corrected chi connectivity index (χ1v) is 11.5. The number of alkyl carbamates (subject to hydrolysis) is 3. The van der Waals surface area contributed by atoms with Gasteiger partial charge in [-0.1, -0.05) is 36.4 Å². The van der Waals surface area contributed by atoms with Crippen molar-refractivity contribution < 1.29 is 38.1 Å². The summed E-state index contributed by atoms with van der Waals surface area (Å²) < 4.78 is 20.2. The Labute approximate surface area is 216 Å². The number of ether oxygens (including phenoxy) is 4. The lowest BCUT2D eigenvalue weighted by Crippen LogP contribution is -2.47. The van der Waals surface area contributed by atoms with Crippen molar-refractivity contribution in [3.8, 4) is 0 Å². The van der Waals surface area contributed by atoms with E-state index in [0.29, 0.717) is 0 Å². The molecule has 1 aromatic rings. The zero-order valence-electron chi connectivity index (χ0n) is 22.3. The molecule has 0 heterocycles. The molecule has 0 aliphatic heterocycles. The van der Waals surface area contributed by atoms with Crippen LogP contribution in [-0.4, -0.2) is 55.1 Å². The lowest BCUT2D eigenvalue weighted by Gasteiger charge is -2.22. The molecule has 0 aliphatic carbocycles. The smallest absolute Gasteiger partial charge is 0.414 e. The lowest BCUT2D eigenvalue weighted by atomic mass is 10.2. The van der Waals surface area contributed by atoms with E-state index in [1.54, 1.807) is 65.8 Å². The molecule has 3 N–H and O–H groups in total. The number of carbonyl (C=O) groups excluding carboxylic acids is 4. The summed E-state index contributed by atoms with van der Waals surface area (Å²) in [5.41, 5.74) is -0.935. The van der Waals surface area contributed by atoms with Gasteiger partial charge in [0.2, 0.25) is 5.96 Å². The molecule has 0 aromatic heterocycles. The van der Waals surface area contributed by atoms with E-state index in [9.17, 15) is 19.2 Å². The molecular formula is C25H36N4O8. The summed E-state index contributed by atoms with van der Waals surface area (Å²) in [7, 11) is 1.17. The fourth-order valence-corrected chi connectivity index (χ4v) is 2.46. The maximum atomic E-state index is 12.1. The Kier molecular flexibility index (Phi) is 12.1. The highest BCUT2D eigenvalue weighted by atomic mass is 16.6. The topological polar surface area (TPSA) is 154 Å². The number of aliphatic imine (C=N–C) groups is 1. The fourth-order valence-electron chi connectivity index (χ4n) is 2.46. The molecule has 0 radical (unpaired) electrons. The quantitative estimate of drug-likeness (QED) is 0.123. The highest BCUT2D eigenvalue weighted by Gasteiger charge is 2.21. The van der Waals surface area contributed by atoms with E-state index in [2.05, 4.69) is 20.9 Å². The van der Waals surface area contributed by atoms with Crippen LogP contribution in [0.1, 0.15) is 53.5 Å². The second-order valence-electron chi connectivity index (χ2n) is 9.57. The Morgan fingerprint density at radius 3 is 1.86 bits per heavy atom. The van der Waals surface area contributed by atoms with Crippen LogP contribution in [0, 0.1) is 0 Å². The van der Waals surface area contributed by atoms with Gasteiger partial charge in [0.15, 0.2) is 0 Å². The van der Waals surface area contributed by atoms with Crippen LogP contribution in [0.5, 0.6) is 0 Å². The van der Waals surface area contributed by atoms with Crippen molar-refractivity contribution in [1.29, 1.82) is 0 Å². The maximum absolute atomic E-state index is 12.1. The predicted octanol–water partition coefficient (Wildman–Crippen LogP) is 3.77. The zero-order valence-corrected chi connectivity index (χ0v) is 22.3. The van der Waals surface area contributed by atoms with Crippen molar-refractivity contribution in [2.45, 2.75) is 65.8 Å². The Morgan fingerprint density at radius 1 is 0.838 bits per heavy atom. The summed E-state index contributed by atoms with van der Waals surface area (Å²) in [5, 5.41) is 7.04. The number of guanidine groups is 1. The molecule has 12 nitrogen and oxygen atoms in total. The van der Waals surface area contributed by atoms with Gasteiger partial charge in [-0.25, -0.2) is 19.2 Å². The third-order valence-electron chi connectivity index (χ3n) is 3.84. The summed E-state index contributed by atoms with van der Waals surface area (Å²) in [4.78, 5) is 52.6. The van der Waals surface area contributed by atoms with Crippen LogP contribution in [0.2, 0.25) is 0 Å². The van der Waals surface area contributed by atoms with Gasteiger partial charge in [-0.2, -0.15) is 0 Å². The third-order valence-corrected chi connectivity index (χ3v) is 3.84. The highest BCUT2D eigenvalue weighted by molar-refractivity contribution is 6.01. The van der Waals surface area contributed by atoms with Gasteiger partial charge in [-0.15, -0.1) is 0 Å². The molecule has 12 heteroatoms. The number of nitrogens with one attached hydrogen (secondary N) is 3. The number of benzene rings is 1. The Bertz CT molecular complexity index is 960. The second-order valence-corrected chi connectivity index (χ2v) is 9.57. The van der Waals surface area contributed by atoms with Gasteiger partial charge in [0.05, 0.1) is 7.11 Å². The summed E-state index contributed by atoms with van der Waals surface area (Å²) in [6.45, 7) is 10.1. The Balaban J connectivity index is 2.85. The molecule has 0 spiro atoms. The van der Waals surface area contributed by atoms with Gasteiger partial charge in [0.25, 0.3) is 0 Å². The average Bonchev–Trinajstić information content (AvgIpc) is 2.77. The highest BCUT2D eigenvalue weighted by Crippen LogP contribution is 2.08. The zero-order chi connectivity index (χ0) is 28.1. The first kappa shape index (κ1) is 30.9. The summed E-state index contributed by atoms with van der Waals surface area (Å²) in [6, 6.07) is 9.02. The van der Waals surface area contributed by atoms with E-state index >= 15 is 0 Å². The van der Waals surface area contributed by atoms with Gasteiger partial charge in [-0.3, -0.25) is 20.9 Å². The van der Waals surface area contributed by atoms with E-state index in [4.69, 9.17) is 18.9 Å². The van der Waals surface area contributed by atoms with Crippen LogP contribution < -0.4 is 16.0 Å². The van der Waals surface area contributed by atoms with Gasteiger partial charge >= 0.3 is 24.2 Å². The Hall–Kier alpha value is -4.09. The molecule has 0 fully saturated rings. The van der Waals surface area contributed by atoms with Crippen LogP contribution in [-0.2, 0) is 30.3 Å². The molecule has 0 saturated heterocycles. The van der Waals surface area contributed by atoms with Crippen molar-refractivity contribution >= 4 is 30.2 Å². The molecule has 37 heavy (non-hydrogen) atoms. The first-order valence-electron chi connectivity index (χ1n) is 11.5. The van der Waals surface area contributed by atoms with Gasteiger partial charge in [-0.05, 0) is 53.5 Å². The summed E-state index contributed by atoms with van der Waals surface area (Å²) in [5.74, 6) is -1.01. The first-order chi connectivity index (χ1) is 17.2. The monoisotopic (exact) mass is 520 g/mol. The minimum atomic E-state index is -0.845. The van der Waals surface area contributed by atoms with Crippen LogP contribution >= 0.6 is 0 Å². The van der Waals surface area contributed by atoms with Crippen molar-refractivity contribution in [3.05, 3.63) is 47.7 Å². The average molecular weight is 521 g/mol. The minimum Gasteiger partial charge on any atom is -0.464 e. The lowest BCUT2D eigenvalue weighted by molar-refractivity contribution is -0.136. The van der Waals surface area contributed by atoms with Crippen molar-refractivity contribution in [2.24, 2.45) is 4.99 Å². The molecule has 0 aliphatic rings. The molecule has 0 bridgehead atoms. The number of rotatable bonds is 7. The number of hydrogen-bond acceptors (Lipinski definition) is 9. The van der Waals surface area contributed by atoms with Gasteiger partial charge < -0.3 is 18.9 Å². The number of nitrogens with zero attached hydrogens (tertiary/aromatic N) is 1. The predicted molar refractivity (Wildman–Crippen MR) is 136 cm³/mol. The number of carbonyl (C=O) groups is 4. The molecule has 0 atom stereocenters. The fraction of sp³-hybridized carbons (Fsp3) is 0.480. The number of amides is 3. The van der Waals surface area contributed by atoms with Crippen LogP contribution in [0.3, 0.4) is 0 Å². The van der Waals surface area contributed by atoms with Crippen LogP contribution in [0.15, 0.2) is 47.1 Å². The molecule has 0 unspecified atom stereocenters. The van der Waals surface area contributed by atoms with Crippen molar-refractivity contribution in [1.82, 2.24) is 16.0 Å². The van der Waals surface area contributed by atoms with Crippen LogP contribution in [0.25, 0.3) is 0 Å². The number of methoxy groups -OCH3 is 1. The van der Waals surface area contributed by atoms with E-state index in [-0.39, 0.29) is 31.2 Å². The SMILES string of the molecule is COC(=O)/C(=C/CCN=C(NC(=O)OC(C)(C)C)NC(=O)OC(C)(C)C)NC(=O)OCc1ccccc1. The second kappa shape index (κ2) is 14.5. The molecule has 1 aromatic carbocycles. The van der Waals surface area contributed by atoms with E-state index in [0.717, 1.165) is 5.56 Å². The summed E-state index contributed by atoms with van der Waals surface area (Å²) in [6.07, 6.45) is -1.02.